The molecular formula is C15H25NO2Si. The van der Waals surface area contributed by atoms with Crippen molar-refractivity contribution in [1.82, 2.24) is 5.32 Å². The summed E-state index contributed by atoms with van der Waals surface area (Å²) in [7, 11) is -1.23. The van der Waals surface area contributed by atoms with Crippen LogP contribution in [0, 0.1) is 5.41 Å². The number of hydrogen-bond donors (Lipinski definition) is 2. The van der Waals surface area contributed by atoms with Gasteiger partial charge in [0.25, 0.3) is 0 Å². The minimum Gasteiger partial charge on any atom is -0.396 e. The SMILES string of the molecule is C[Si](C)(C)c1cccc(CNCC2(CO)COC2)c1. The number of nitrogens with one attached hydrogen (secondary N) is 1. The van der Waals surface area contributed by atoms with Gasteiger partial charge in [-0.05, 0) is 5.56 Å². The quantitative estimate of drug-likeness (QED) is 0.772. The van der Waals surface area contributed by atoms with Crippen molar-refractivity contribution < 1.29 is 9.84 Å². The van der Waals surface area contributed by atoms with E-state index in [0.717, 1.165) is 13.1 Å². The number of rotatable bonds is 6. The Hall–Kier alpha value is -0.683. The topological polar surface area (TPSA) is 41.5 Å². The standard InChI is InChI=1S/C15H25NO2Si/c1-19(2,3)14-6-4-5-13(7-14)8-16-9-15(10-17)11-18-12-15/h4-7,16-17H,8-12H2,1-3H3. The second-order valence-corrected chi connectivity index (χ2v) is 11.8. The van der Waals surface area contributed by atoms with Gasteiger partial charge in [-0.2, -0.15) is 0 Å². The summed E-state index contributed by atoms with van der Waals surface area (Å²) in [5.74, 6) is 0. The first kappa shape index (κ1) is 14.7. The van der Waals surface area contributed by atoms with Gasteiger partial charge in [0, 0.05) is 13.1 Å². The molecule has 3 nitrogen and oxygen atoms in total. The van der Waals surface area contributed by atoms with Crippen LogP contribution in [-0.4, -0.2) is 39.5 Å². The lowest BCUT2D eigenvalue weighted by Gasteiger charge is -2.40. The van der Waals surface area contributed by atoms with Crippen molar-refractivity contribution in [2.24, 2.45) is 5.41 Å². The van der Waals surface area contributed by atoms with E-state index in [1.807, 2.05) is 0 Å². The summed E-state index contributed by atoms with van der Waals surface area (Å²) < 4.78 is 5.20. The van der Waals surface area contributed by atoms with E-state index in [4.69, 9.17) is 4.74 Å². The molecule has 106 valence electrons. The highest BCUT2D eigenvalue weighted by atomic mass is 28.3. The van der Waals surface area contributed by atoms with E-state index in [9.17, 15) is 5.11 Å². The zero-order chi connectivity index (χ0) is 13.9. The van der Waals surface area contributed by atoms with E-state index in [2.05, 4.69) is 49.2 Å². The molecule has 2 rings (SSSR count). The van der Waals surface area contributed by atoms with Crippen molar-refractivity contribution in [3.05, 3.63) is 29.8 Å². The summed E-state index contributed by atoms with van der Waals surface area (Å²) in [4.78, 5) is 0. The lowest BCUT2D eigenvalue weighted by Crippen LogP contribution is -2.52. The summed E-state index contributed by atoms with van der Waals surface area (Å²) in [5.41, 5.74) is 1.28. The Balaban J connectivity index is 1.89. The lowest BCUT2D eigenvalue weighted by atomic mass is 9.87. The Bertz CT molecular complexity index is 419. The molecule has 1 aromatic rings. The molecule has 1 aromatic carbocycles. The molecule has 2 N–H and O–H groups in total. The first-order chi connectivity index (χ1) is 8.95. The van der Waals surface area contributed by atoms with Crippen molar-refractivity contribution >= 4 is 13.3 Å². The summed E-state index contributed by atoms with van der Waals surface area (Å²) in [6.07, 6.45) is 0. The zero-order valence-corrected chi connectivity index (χ0v) is 13.2. The first-order valence-electron chi connectivity index (χ1n) is 6.94. The van der Waals surface area contributed by atoms with Gasteiger partial charge in [-0.25, -0.2) is 0 Å². The molecular weight excluding hydrogens is 254 g/mol. The minimum absolute atomic E-state index is 0.0453. The Labute approximate surface area is 117 Å². The van der Waals surface area contributed by atoms with Crippen LogP contribution in [0.15, 0.2) is 24.3 Å². The maximum absolute atomic E-state index is 9.37. The third-order valence-electron chi connectivity index (χ3n) is 3.77. The van der Waals surface area contributed by atoms with Gasteiger partial charge in [-0.3, -0.25) is 0 Å². The van der Waals surface area contributed by atoms with Gasteiger partial charge < -0.3 is 15.2 Å². The average Bonchev–Trinajstić information content (AvgIpc) is 2.32. The minimum atomic E-state index is -1.23. The molecule has 0 spiro atoms. The summed E-state index contributed by atoms with van der Waals surface area (Å²) in [6.45, 7) is 10.3. The monoisotopic (exact) mass is 279 g/mol. The van der Waals surface area contributed by atoms with E-state index in [0.29, 0.717) is 13.2 Å². The van der Waals surface area contributed by atoms with Crippen LogP contribution in [0.1, 0.15) is 5.56 Å². The lowest BCUT2D eigenvalue weighted by molar-refractivity contribution is -0.134. The number of aliphatic hydroxyl groups is 1. The average molecular weight is 279 g/mol. The number of benzene rings is 1. The third-order valence-corrected chi connectivity index (χ3v) is 5.82. The van der Waals surface area contributed by atoms with Crippen molar-refractivity contribution in [3.63, 3.8) is 0 Å². The van der Waals surface area contributed by atoms with Gasteiger partial charge in [-0.1, -0.05) is 49.1 Å². The van der Waals surface area contributed by atoms with Crippen LogP contribution in [0.2, 0.25) is 19.6 Å². The van der Waals surface area contributed by atoms with Gasteiger partial charge in [0.2, 0.25) is 0 Å². The van der Waals surface area contributed by atoms with Crippen LogP contribution in [-0.2, 0) is 11.3 Å². The molecule has 1 heterocycles. The molecule has 0 aromatic heterocycles. The molecule has 19 heavy (non-hydrogen) atoms. The van der Waals surface area contributed by atoms with Crippen LogP contribution in [0.3, 0.4) is 0 Å². The molecule has 1 saturated heterocycles. The molecule has 0 amide bonds. The molecule has 1 fully saturated rings. The highest BCUT2D eigenvalue weighted by Gasteiger charge is 2.37. The molecule has 0 atom stereocenters. The normalized spacial score (nSPS) is 18.1. The molecule has 0 saturated carbocycles. The number of ether oxygens (including phenoxy) is 1. The van der Waals surface area contributed by atoms with Gasteiger partial charge in [0.1, 0.15) is 0 Å². The molecule has 0 radical (unpaired) electrons. The largest absolute Gasteiger partial charge is 0.396 e. The zero-order valence-electron chi connectivity index (χ0n) is 12.2. The summed E-state index contributed by atoms with van der Waals surface area (Å²) in [6, 6.07) is 8.88. The summed E-state index contributed by atoms with van der Waals surface area (Å²) in [5, 5.41) is 14.3. The van der Waals surface area contributed by atoms with Crippen LogP contribution in [0.4, 0.5) is 0 Å². The molecule has 0 unspecified atom stereocenters. The van der Waals surface area contributed by atoms with Crippen molar-refractivity contribution in [2.45, 2.75) is 26.2 Å². The highest BCUT2D eigenvalue weighted by Crippen LogP contribution is 2.25. The fourth-order valence-electron chi connectivity index (χ4n) is 2.26. The molecule has 1 aliphatic heterocycles. The van der Waals surface area contributed by atoms with E-state index in [1.165, 1.54) is 10.8 Å². The van der Waals surface area contributed by atoms with Crippen LogP contribution in [0.25, 0.3) is 0 Å². The third kappa shape index (κ3) is 3.66. The highest BCUT2D eigenvalue weighted by molar-refractivity contribution is 6.88. The Morgan fingerprint density at radius 2 is 2.05 bits per heavy atom. The summed E-state index contributed by atoms with van der Waals surface area (Å²) >= 11 is 0. The second kappa shape index (κ2) is 5.75. The van der Waals surface area contributed by atoms with Gasteiger partial charge in [0.05, 0.1) is 33.3 Å². The van der Waals surface area contributed by atoms with E-state index < -0.39 is 8.07 Å². The second-order valence-electron chi connectivity index (χ2n) is 6.70. The van der Waals surface area contributed by atoms with Crippen LogP contribution < -0.4 is 10.5 Å². The van der Waals surface area contributed by atoms with Gasteiger partial charge in [-0.15, -0.1) is 0 Å². The molecule has 4 heteroatoms. The van der Waals surface area contributed by atoms with E-state index >= 15 is 0 Å². The number of aliphatic hydroxyl groups excluding tert-OH is 1. The van der Waals surface area contributed by atoms with Crippen molar-refractivity contribution in [2.75, 3.05) is 26.4 Å². The predicted molar refractivity (Wildman–Crippen MR) is 81.5 cm³/mol. The van der Waals surface area contributed by atoms with Crippen LogP contribution in [0.5, 0.6) is 0 Å². The number of hydrogen-bond acceptors (Lipinski definition) is 3. The smallest absolute Gasteiger partial charge is 0.0776 e. The Kier molecular flexibility index (Phi) is 4.45. The van der Waals surface area contributed by atoms with Crippen LogP contribution >= 0.6 is 0 Å². The van der Waals surface area contributed by atoms with Gasteiger partial charge in [0.15, 0.2) is 0 Å². The van der Waals surface area contributed by atoms with E-state index in [1.54, 1.807) is 0 Å². The Morgan fingerprint density at radius 3 is 2.58 bits per heavy atom. The maximum atomic E-state index is 9.37. The molecule has 0 aliphatic carbocycles. The van der Waals surface area contributed by atoms with Crippen molar-refractivity contribution in [1.29, 1.82) is 0 Å². The first-order valence-corrected chi connectivity index (χ1v) is 10.4. The maximum Gasteiger partial charge on any atom is 0.0776 e. The van der Waals surface area contributed by atoms with Gasteiger partial charge >= 0.3 is 0 Å². The van der Waals surface area contributed by atoms with E-state index in [-0.39, 0.29) is 12.0 Å². The molecule has 0 bridgehead atoms. The Morgan fingerprint density at radius 1 is 1.32 bits per heavy atom. The van der Waals surface area contributed by atoms with Crippen molar-refractivity contribution in [3.8, 4) is 0 Å². The fourth-order valence-corrected chi connectivity index (χ4v) is 3.47. The fraction of sp³-hybridized carbons (Fsp3) is 0.600. The predicted octanol–water partition coefficient (Wildman–Crippen LogP) is 1.33. The molecule has 1 aliphatic rings.